The van der Waals surface area contributed by atoms with Crippen molar-refractivity contribution in [2.75, 3.05) is 11.9 Å². The molecule has 0 saturated carbocycles. The zero-order valence-electron chi connectivity index (χ0n) is 12.2. The molecule has 0 fully saturated rings. The third kappa shape index (κ3) is 3.56. The number of nitrogens with zero attached hydrogens (tertiary/aromatic N) is 1. The maximum absolute atomic E-state index is 12.2. The molecule has 1 N–H and O–H groups in total. The van der Waals surface area contributed by atoms with E-state index in [9.17, 15) is 9.59 Å². The van der Waals surface area contributed by atoms with Gasteiger partial charge in [-0.05, 0) is 31.9 Å². The topological polar surface area (TPSA) is 57.6 Å². The van der Waals surface area contributed by atoms with Crippen molar-refractivity contribution in [2.45, 2.75) is 34.1 Å². The lowest BCUT2D eigenvalue weighted by atomic mass is 10.0. The molecule has 104 valence electrons. The molecule has 1 amide bonds. The zero-order valence-corrected chi connectivity index (χ0v) is 12.2. The normalized spacial score (nSPS) is 12.1. The molecule has 0 bridgehead atoms. The maximum Gasteiger partial charge on any atom is 0.304 e. The molecule has 0 aliphatic rings. The van der Waals surface area contributed by atoms with Crippen LogP contribution in [-0.2, 0) is 9.59 Å². The fourth-order valence-electron chi connectivity index (χ4n) is 2.49. The number of aryl methyl sites for hydroxylation is 3. The molecule has 0 heterocycles. The van der Waals surface area contributed by atoms with Gasteiger partial charge in [0.25, 0.3) is 0 Å². The summed E-state index contributed by atoms with van der Waals surface area (Å²) in [5, 5.41) is 8.76. The van der Waals surface area contributed by atoms with Crippen LogP contribution in [0.2, 0.25) is 0 Å². The van der Waals surface area contributed by atoms with E-state index in [1.165, 1.54) is 0 Å². The zero-order chi connectivity index (χ0) is 14.7. The van der Waals surface area contributed by atoms with Crippen LogP contribution >= 0.6 is 0 Å². The molecular formula is C15H21NO3. The summed E-state index contributed by atoms with van der Waals surface area (Å²) in [7, 11) is 1.70. The van der Waals surface area contributed by atoms with E-state index in [1.54, 1.807) is 18.9 Å². The lowest BCUT2D eigenvalue weighted by molar-refractivity contribution is -0.140. The van der Waals surface area contributed by atoms with Crippen molar-refractivity contribution in [3.05, 3.63) is 28.8 Å². The largest absolute Gasteiger partial charge is 0.481 e. The Morgan fingerprint density at radius 2 is 1.68 bits per heavy atom. The summed E-state index contributed by atoms with van der Waals surface area (Å²) in [6, 6.07) is 4.04. The number of carboxylic acid groups (broad SMARTS) is 1. The fourth-order valence-corrected chi connectivity index (χ4v) is 2.49. The van der Waals surface area contributed by atoms with E-state index in [0.717, 1.165) is 22.4 Å². The highest BCUT2D eigenvalue weighted by Gasteiger charge is 2.23. The van der Waals surface area contributed by atoms with Gasteiger partial charge >= 0.3 is 5.97 Å². The first-order valence-electron chi connectivity index (χ1n) is 6.31. The van der Waals surface area contributed by atoms with Gasteiger partial charge in [0.1, 0.15) is 0 Å². The molecule has 0 aliphatic heterocycles. The van der Waals surface area contributed by atoms with Gasteiger partial charge < -0.3 is 10.0 Å². The molecule has 0 aliphatic carbocycles. The van der Waals surface area contributed by atoms with E-state index < -0.39 is 11.9 Å². The van der Waals surface area contributed by atoms with Crippen molar-refractivity contribution in [1.82, 2.24) is 0 Å². The Hall–Kier alpha value is -1.84. The number of benzene rings is 1. The van der Waals surface area contributed by atoms with Crippen LogP contribution in [0.3, 0.4) is 0 Å². The molecule has 0 aromatic heterocycles. The minimum Gasteiger partial charge on any atom is -0.481 e. The molecule has 1 atom stereocenters. The van der Waals surface area contributed by atoms with E-state index in [4.69, 9.17) is 5.11 Å². The van der Waals surface area contributed by atoms with Crippen molar-refractivity contribution >= 4 is 17.6 Å². The Morgan fingerprint density at radius 1 is 1.21 bits per heavy atom. The van der Waals surface area contributed by atoms with Gasteiger partial charge in [0.15, 0.2) is 0 Å². The Balaban J connectivity index is 3.03. The van der Waals surface area contributed by atoms with Crippen molar-refractivity contribution in [3.8, 4) is 0 Å². The van der Waals surface area contributed by atoms with Crippen LogP contribution in [-0.4, -0.2) is 24.0 Å². The number of amides is 1. The quantitative estimate of drug-likeness (QED) is 0.908. The molecule has 4 nitrogen and oxygen atoms in total. The average Bonchev–Trinajstić information content (AvgIpc) is 2.25. The number of carboxylic acids is 1. The molecular weight excluding hydrogens is 242 g/mol. The van der Waals surface area contributed by atoms with Gasteiger partial charge in [-0.25, -0.2) is 0 Å². The fraction of sp³-hybridized carbons (Fsp3) is 0.467. The summed E-state index contributed by atoms with van der Waals surface area (Å²) < 4.78 is 0. The van der Waals surface area contributed by atoms with E-state index in [0.29, 0.717) is 0 Å². The Labute approximate surface area is 114 Å². The smallest absolute Gasteiger partial charge is 0.304 e. The monoisotopic (exact) mass is 263 g/mol. The molecule has 0 spiro atoms. The molecule has 0 saturated heterocycles. The second-order valence-electron chi connectivity index (χ2n) is 5.14. The van der Waals surface area contributed by atoms with Gasteiger partial charge in [-0.3, -0.25) is 9.59 Å². The van der Waals surface area contributed by atoms with Crippen LogP contribution in [0.4, 0.5) is 5.69 Å². The molecule has 1 rings (SSSR count). The number of carbonyl (C=O) groups is 2. The number of rotatable bonds is 4. The Bertz CT molecular complexity index is 485. The number of hydrogen-bond acceptors (Lipinski definition) is 2. The van der Waals surface area contributed by atoms with Crippen LogP contribution < -0.4 is 4.90 Å². The predicted molar refractivity (Wildman–Crippen MR) is 75.5 cm³/mol. The Kier molecular flexibility index (Phi) is 4.70. The van der Waals surface area contributed by atoms with E-state index in [-0.39, 0.29) is 12.3 Å². The summed E-state index contributed by atoms with van der Waals surface area (Å²) in [6.45, 7) is 7.58. The summed E-state index contributed by atoms with van der Waals surface area (Å²) in [5.74, 6) is -1.65. The molecule has 1 aromatic rings. The summed E-state index contributed by atoms with van der Waals surface area (Å²) in [5.41, 5.74) is 4.07. The SMILES string of the molecule is Cc1cc(C)c(N(C)C(=O)C(C)CC(=O)O)c(C)c1. The van der Waals surface area contributed by atoms with Crippen LogP contribution in [0.15, 0.2) is 12.1 Å². The highest BCUT2D eigenvalue weighted by Crippen LogP contribution is 2.26. The Morgan fingerprint density at radius 3 is 2.11 bits per heavy atom. The molecule has 1 unspecified atom stereocenters. The second kappa shape index (κ2) is 5.87. The first-order chi connectivity index (χ1) is 8.73. The van der Waals surface area contributed by atoms with Gasteiger partial charge in [-0.2, -0.15) is 0 Å². The lowest BCUT2D eigenvalue weighted by Crippen LogP contribution is -2.33. The molecule has 0 radical (unpaired) electrons. The standard InChI is InChI=1S/C15H21NO3/c1-9-6-10(2)14(11(3)7-9)16(5)15(19)12(4)8-13(17)18/h6-7,12H,8H2,1-5H3,(H,17,18). The van der Waals surface area contributed by atoms with Gasteiger partial charge in [0, 0.05) is 18.7 Å². The van der Waals surface area contributed by atoms with Gasteiger partial charge in [-0.15, -0.1) is 0 Å². The van der Waals surface area contributed by atoms with E-state index >= 15 is 0 Å². The predicted octanol–water partition coefficient (Wildman–Crippen LogP) is 2.69. The first kappa shape index (κ1) is 15.2. The number of aliphatic carboxylic acids is 1. The summed E-state index contributed by atoms with van der Waals surface area (Å²) in [4.78, 5) is 24.5. The third-order valence-corrected chi connectivity index (χ3v) is 3.20. The lowest BCUT2D eigenvalue weighted by Gasteiger charge is -2.24. The van der Waals surface area contributed by atoms with Crippen molar-refractivity contribution in [1.29, 1.82) is 0 Å². The summed E-state index contributed by atoms with van der Waals surface area (Å²) in [6.07, 6.45) is -0.146. The van der Waals surface area contributed by atoms with Crippen LogP contribution in [0, 0.1) is 26.7 Å². The molecule has 4 heteroatoms. The first-order valence-corrected chi connectivity index (χ1v) is 6.31. The minimum atomic E-state index is -0.952. The van der Waals surface area contributed by atoms with Crippen LogP contribution in [0.25, 0.3) is 0 Å². The van der Waals surface area contributed by atoms with E-state index in [2.05, 4.69) is 0 Å². The average molecular weight is 263 g/mol. The summed E-state index contributed by atoms with van der Waals surface area (Å²) >= 11 is 0. The van der Waals surface area contributed by atoms with Crippen molar-refractivity contribution < 1.29 is 14.7 Å². The van der Waals surface area contributed by atoms with Gasteiger partial charge in [0.2, 0.25) is 5.91 Å². The maximum atomic E-state index is 12.2. The van der Waals surface area contributed by atoms with Crippen LogP contribution in [0.5, 0.6) is 0 Å². The number of carbonyl (C=O) groups excluding carboxylic acids is 1. The van der Waals surface area contributed by atoms with Crippen molar-refractivity contribution in [2.24, 2.45) is 5.92 Å². The number of anilines is 1. The molecule has 1 aromatic carbocycles. The van der Waals surface area contributed by atoms with E-state index in [1.807, 2.05) is 32.9 Å². The van der Waals surface area contributed by atoms with Crippen LogP contribution in [0.1, 0.15) is 30.0 Å². The van der Waals surface area contributed by atoms with Gasteiger partial charge in [0.05, 0.1) is 6.42 Å². The highest BCUT2D eigenvalue weighted by molar-refractivity contribution is 5.97. The van der Waals surface area contributed by atoms with Gasteiger partial charge in [-0.1, -0.05) is 24.6 Å². The number of hydrogen-bond donors (Lipinski definition) is 1. The minimum absolute atomic E-state index is 0.146. The highest BCUT2D eigenvalue weighted by atomic mass is 16.4. The molecule has 19 heavy (non-hydrogen) atoms. The third-order valence-electron chi connectivity index (χ3n) is 3.20. The van der Waals surface area contributed by atoms with Crippen molar-refractivity contribution in [3.63, 3.8) is 0 Å². The second-order valence-corrected chi connectivity index (χ2v) is 5.14.